The quantitative estimate of drug-likeness (QED) is 0.922. The molecule has 18 heavy (non-hydrogen) atoms. The molecule has 1 N–H and O–H groups in total. The van der Waals surface area contributed by atoms with E-state index in [1.165, 1.54) is 6.42 Å². The molecule has 0 saturated heterocycles. The predicted octanol–water partition coefficient (Wildman–Crippen LogP) is 3.49. The van der Waals surface area contributed by atoms with Crippen LogP contribution in [-0.4, -0.2) is 21.9 Å². The molecule has 1 aliphatic heterocycles. The van der Waals surface area contributed by atoms with E-state index in [0.29, 0.717) is 12.0 Å². The number of aliphatic imine (C=N–C) groups is 1. The van der Waals surface area contributed by atoms with Gasteiger partial charge in [0, 0.05) is 17.3 Å². The minimum atomic E-state index is -0.140. The summed E-state index contributed by atoms with van der Waals surface area (Å²) in [7, 11) is 0. The molecule has 0 saturated carbocycles. The van der Waals surface area contributed by atoms with Crippen LogP contribution in [0.3, 0.4) is 0 Å². The highest BCUT2D eigenvalue weighted by molar-refractivity contribution is 8.13. The van der Waals surface area contributed by atoms with Crippen LogP contribution in [-0.2, 0) is 5.54 Å². The van der Waals surface area contributed by atoms with Crippen LogP contribution in [0.4, 0.5) is 0 Å². The number of thioether (sulfide) groups is 1. The largest absolute Gasteiger partial charge is 0.354 e. The minimum Gasteiger partial charge on any atom is -0.354 e. The first kappa shape index (κ1) is 13.9. The summed E-state index contributed by atoms with van der Waals surface area (Å²) in [4.78, 5) is 9.22. The maximum absolute atomic E-state index is 4.82. The lowest BCUT2D eigenvalue weighted by Gasteiger charge is -2.29. The first-order valence-corrected chi connectivity index (χ1v) is 8.24. The van der Waals surface area contributed by atoms with Gasteiger partial charge in [0.2, 0.25) is 0 Å². The Morgan fingerprint density at radius 3 is 2.83 bits per heavy atom. The Kier molecular flexibility index (Phi) is 4.33. The standard InChI is InChI=1S/C13H21N3S2/c1-9(2)10-5-7-18-12(15-10)16-13(3,4)11-14-6-8-17-11/h6,8-10H,5,7H2,1-4H3,(H,15,16). The Morgan fingerprint density at radius 2 is 2.22 bits per heavy atom. The number of aromatic nitrogens is 1. The van der Waals surface area contributed by atoms with E-state index in [0.717, 1.165) is 15.9 Å². The van der Waals surface area contributed by atoms with Crippen LogP contribution in [0.2, 0.25) is 0 Å². The SMILES string of the molecule is CC(C)C1CCSC(NC(C)(C)c2nccs2)=N1. The Bertz CT molecular complexity index is 410. The summed E-state index contributed by atoms with van der Waals surface area (Å²) in [6, 6.07) is 0.459. The van der Waals surface area contributed by atoms with Crippen LogP contribution in [0.15, 0.2) is 16.6 Å². The average Bonchev–Trinajstić information content (AvgIpc) is 2.82. The summed E-state index contributed by atoms with van der Waals surface area (Å²) < 4.78 is 0. The molecule has 1 aromatic rings. The van der Waals surface area contributed by atoms with Crippen LogP contribution in [0.5, 0.6) is 0 Å². The van der Waals surface area contributed by atoms with Crippen molar-refractivity contribution in [2.24, 2.45) is 10.9 Å². The molecule has 0 radical (unpaired) electrons. The fourth-order valence-corrected chi connectivity index (χ4v) is 3.74. The van der Waals surface area contributed by atoms with Crippen molar-refractivity contribution in [1.82, 2.24) is 10.3 Å². The molecule has 1 unspecified atom stereocenters. The Hall–Kier alpha value is -0.550. The van der Waals surface area contributed by atoms with Gasteiger partial charge in [0.1, 0.15) is 5.01 Å². The van der Waals surface area contributed by atoms with Crippen molar-refractivity contribution in [3.05, 3.63) is 16.6 Å². The van der Waals surface area contributed by atoms with Gasteiger partial charge in [0.15, 0.2) is 5.17 Å². The van der Waals surface area contributed by atoms with Gasteiger partial charge in [0.25, 0.3) is 0 Å². The van der Waals surface area contributed by atoms with Crippen molar-refractivity contribution in [3.63, 3.8) is 0 Å². The summed E-state index contributed by atoms with van der Waals surface area (Å²) in [5.74, 6) is 1.77. The zero-order valence-corrected chi connectivity index (χ0v) is 13.1. The molecule has 2 rings (SSSR count). The van der Waals surface area contributed by atoms with Gasteiger partial charge in [-0.1, -0.05) is 25.6 Å². The molecule has 0 amide bonds. The lowest BCUT2D eigenvalue weighted by Crippen LogP contribution is -2.41. The number of nitrogens with zero attached hydrogens (tertiary/aromatic N) is 2. The molecule has 3 nitrogen and oxygen atoms in total. The third-order valence-electron chi connectivity index (χ3n) is 3.09. The van der Waals surface area contributed by atoms with Gasteiger partial charge >= 0.3 is 0 Å². The molecule has 0 spiro atoms. The summed E-state index contributed by atoms with van der Waals surface area (Å²) in [6.45, 7) is 8.81. The fraction of sp³-hybridized carbons (Fsp3) is 0.692. The number of rotatable bonds is 3. The molecule has 100 valence electrons. The van der Waals surface area contributed by atoms with Crippen LogP contribution >= 0.6 is 23.1 Å². The maximum Gasteiger partial charge on any atom is 0.157 e. The summed E-state index contributed by atoms with van der Waals surface area (Å²) in [6.07, 6.45) is 3.04. The second-order valence-electron chi connectivity index (χ2n) is 5.47. The van der Waals surface area contributed by atoms with Crippen molar-refractivity contribution in [3.8, 4) is 0 Å². The van der Waals surface area contributed by atoms with Crippen molar-refractivity contribution in [2.75, 3.05) is 5.75 Å². The average molecular weight is 283 g/mol. The molecule has 1 atom stereocenters. The van der Waals surface area contributed by atoms with E-state index in [1.54, 1.807) is 11.3 Å². The lowest BCUT2D eigenvalue weighted by atomic mass is 10.0. The van der Waals surface area contributed by atoms with E-state index >= 15 is 0 Å². The number of nitrogens with one attached hydrogen (secondary N) is 1. The Labute approximate surface area is 118 Å². The summed E-state index contributed by atoms with van der Waals surface area (Å²) in [5.41, 5.74) is -0.140. The highest BCUT2D eigenvalue weighted by Crippen LogP contribution is 2.26. The van der Waals surface area contributed by atoms with Gasteiger partial charge in [0.05, 0.1) is 11.6 Å². The van der Waals surface area contributed by atoms with E-state index in [4.69, 9.17) is 4.99 Å². The van der Waals surface area contributed by atoms with Crippen molar-refractivity contribution in [1.29, 1.82) is 0 Å². The fourth-order valence-electron chi connectivity index (χ4n) is 1.93. The van der Waals surface area contributed by atoms with E-state index in [2.05, 4.69) is 38.0 Å². The van der Waals surface area contributed by atoms with Gasteiger partial charge in [-0.15, -0.1) is 11.3 Å². The molecular weight excluding hydrogens is 262 g/mol. The van der Waals surface area contributed by atoms with E-state index < -0.39 is 0 Å². The lowest BCUT2D eigenvalue weighted by molar-refractivity contribution is 0.462. The topological polar surface area (TPSA) is 37.3 Å². The van der Waals surface area contributed by atoms with Crippen LogP contribution < -0.4 is 5.32 Å². The second kappa shape index (κ2) is 5.61. The summed E-state index contributed by atoms with van der Waals surface area (Å²) >= 11 is 3.51. The van der Waals surface area contributed by atoms with Gasteiger partial charge in [-0.2, -0.15) is 0 Å². The van der Waals surface area contributed by atoms with Crippen LogP contribution in [0.1, 0.15) is 39.1 Å². The molecule has 0 aromatic carbocycles. The van der Waals surface area contributed by atoms with Crippen molar-refractivity contribution in [2.45, 2.75) is 45.7 Å². The molecule has 0 fully saturated rings. The van der Waals surface area contributed by atoms with Gasteiger partial charge < -0.3 is 5.32 Å². The first-order chi connectivity index (χ1) is 8.49. The van der Waals surface area contributed by atoms with Gasteiger partial charge in [-0.3, -0.25) is 4.99 Å². The molecule has 1 aromatic heterocycles. The van der Waals surface area contributed by atoms with E-state index in [9.17, 15) is 0 Å². The Balaban J connectivity index is 2.09. The zero-order valence-electron chi connectivity index (χ0n) is 11.4. The number of hydrogen-bond acceptors (Lipinski definition) is 5. The molecular formula is C13H21N3S2. The number of amidine groups is 1. The third kappa shape index (κ3) is 3.26. The highest BCUT2D eigenvalue weighted by atomic mass is 32.2. The number of hydrogen-bond donors (Lipinski definition) is 1. The van der Waals surface area contributed by atoms with E-state index in [1.807, 2.05) is 23.3 Å². The monoisotopic (exact) mass is 283 g/mol. The van der Waals surface area contributed by atoms with Gasteiger partial charge in [-0.05, 0) is 26.2 Å². The zero-order chi connectivity index (χ0) is 13.2. The van der Waals surface area contributed by atoms with Crippen molar-refractivity contribution < 1.29 is 0 Å². The van der Waals surface area contributed by atoms with Crippen LogP contribution in [0.25, 0.3) is 0 Å². The van der Waals surface area contributed by atoms with Gasteiger partial charge in [-0.25, -0.2) is 4.98 Å². The first-order valence-electron chi connectivity index (χ1n) is 6.38. The molecule has 5 heteroatoms. The predicted molar refractivity (Wildman–Crippen MR) is 81.4 cm³/mol. The molecule has 0 aliphatic carbocycles. The van der Waals surface area contributed by atoms with Crippen LogP contribution in [0, 0.1) is 5.92 Å². The van der Waals surface area contributed by atoms with Crippen molar-refractivity contribution >= 4 is 28.3 Å². The summed E-state index contributed by atoms with van der Waals surface area (Å²) in [5, 5.41) is 7.74. The third-order valence-corrected chi connectivity index (χ3v) is 5.11. The minimum absolute atomic E-state index is 0.140. The smallest absolute Gasteiger partial charge is 0.157 e. The molecule has 2 heterocycles. The number of thiazole rings is 1. The second-order valence-corrected chi connectivity index (χ2v) is 7.45. The highest BCUT2D eigenvalue weighted by Gasteiger charge is 2.27. The Morgan fingerprint density at radius 1 is 1.44 bits per heavy atom. The van der Waals surface area contributed by atoms with E-state index in [-0.39, 0.29) is 5.54 Å². The molecule has 1 aliphatic rings. The molecule has 0 bridgehead atoms. The normalized spacial score (nSPS) is 20.9. The maximum atomic E-state index is 4.82.